The number of benzene rings is 1. The highest BCUT2D eigenvalue weighted by molar-refractivity contribution is 5.79. The Morgan fingerprint density at radius 1 is 1.04 bits per heavy atom. The van der Waals surface area contributed by atoms with Crippen molar-refractivity contribution in [3.05, 3.63) is 35.4 Å². The highest BCUT2D eigenvalue weighted by Crippen LogP contribution is 2.05. The average molecular weight is 335 g/mol. The fraction of sp³-hybridized carbons (Fsp3) is 0.632. The van der Waals surface area contributed by atoms with Crippen molar-refractivity contribution in [2.24, 2.45) is 10.9 Å². The monoisotopic (exact) mass is 335 g/mol. The lowest BCUT2D eigenvalue weighted by Gasteiger charge is -2.13. The molecule has 0 atom stereocenters. The molecule has 0 fully saturated rings. The van der Waals surface area contributed by atoms with Crippen LogP contribution in [0.2, 0.25) is 0 Å². The van der Waals surface area contributed by atoms with Crippen molar-refractivity contribution in [1.29, 1.82) is 0 Å². The molecule has 1 rings (SSSR count). The molecule has 1 aromatic carbocycles. The third-order valence-corrected chi connectivity index (χ3v) is 3.56. The van der Waals surface area contributed by atoms with Crippen molar-refractivity contribution in [3.8, 4) is 0 Å². The summed E-state index contributed by atoms with van der Waals surface area (Å²) in [5.74, 6) is 1.48. The van der Waals surface area contributed by atoms with Gasteiger partial charge in [-0.05, 0) is 30.4 Å². The number of hydrogen-bond donors (Lipinski definition) is 2. The summed E-state index contributed by atoms with van der Waals surface area (Å²) < 4.78 is 11.0. The molecule has 5 nitrogen and oxygen atoms in total. The maximum atomic E-state index is 5.59. The molecule has 5 heteroatoms. The van der Waals surface area contributed by atoms with Crippen LogP contribution < -0.4 is 10.6 Å². The number of rotatable bonds is 11. The van der Waals surface area contributed by atoms with E-state index in [2.05, 4.69) is 53.7 Å². The van der Waals surface area contributed by atoms with Crippen molar-refractivity contribution >= 4 is 5.96 Å². The number of nitrogens with zero attached hydrogens (tertiary/aromatic N) is 1. The van der Waals surface area contributed by atoms with Gasteiger partial charge in [0.2, 0.25) is 0 Å². The van der Waals surface area contributed by atoms with Gasteiger partial charge in [0.15, 0.2) is 5.96 Å². The van der Waals surface area contributed by atoms with Gasteiger partial charge >= 0.3 is 0 Å². The fourth-order valence-electron chi connectivity index (χ4n) is 2.04. The Bertz CT molecular complexity index is 458. The first-order chi connectivity index (χ1) is 11.7. The van der Waals surface area contributed by atoms with Crippen molar-refractivity contribution in [1.82, 2.24) is 10.6 Å². The fourth-order valence-corrected chi connectivity index (χ4v) is 2.04. The predicted molar refractivity (Wildman–Crippen MR) is 100 cm³/mol. The van der Waals surface area contributed by atoms with Gasteiger partial charge in [0.1, 0.15) is 0 Å². The number of nitrogens with one attached hydrogen (secondary N) is 2. The summed E-state index contributed by atoms with van der Waals surface area (Å²) in [6.45, 7) is 10.8. The number of aliphatic imine (C=N–C) groups is 1. The molecule has 1 aromatic rings. The summed E-state index contributed by atoms with van der Waals surface area (Å²) in [5.41, 5.74) is 2.41. The highest BCUT2D eigenvalue weighted by atomic mass is 16.5. The number of ether oxygens (including phenoxy) is 2. The third kappa shape index (κ3) is 9.53. The topological polar surface area (TPSA) is 54.9 Å². The molecule has 24 heavy (non-hydrogen) atoms. The van der Waals surface area contributed by atoms with E-state index in [4.69, 9.17) is 9.47 Å². The SMILES string of the molecule is CCOCc1ccc(CNC(=NC)NCCOCCC(C)C)cc1. The van der Waals surface area contributed by atoms with E-state index >= 15 is 0 Å². The largest absolute Gasteiger partial charge is 0.380 e. The lowest BCUT2D eigenvalue weighted by Crippen LogP contribution is -2.38. The standard InChI is InChI=1S/C19H33N3O2/c1-5-23-15-18-8-6-17(7-9-18)14-22-19(20-4)21-11-13-24-12-10-16(2)3/h6-9,16H,5,10-15H2,1-4H3,(H2,20,21,22). The third-order valence-electron chi connectivity index (χ3n) is 3.56. The van der Waals surface area contributed by atoms with Crippen LogP contribution in [-0.4, -0.2) is 39.4 Å². The summed E-state index contributed by atoms with van der Waals surface area (Å²) >= 11 is 0. The Balaban J connectivity index is 2.21. The van der Waals surface area contributed by atoms with Crippen LogP contribution in [0.25, 0.3) is 0 Å². The zero-order chi connectivity index (χ0) is 17.6. The molecule has 0 aromatic heterocycles. The van der Waals surface area contributed by atoms with E-state index in [1.165, 1.54) is 11.1 Å². The molecule has 0 aliphatic carbocycles. The summed E-state index contributed by atoms with van der Waals surface area (Å²) in [6, 6.07) is 8.43. The second-order valence-electron chi connectivity index (χ2n) is 6.10. The molecule has 2 N–H and O–H groups in total. The predicted octanol–water partition coefficient (Wildman–Crippen LogP) is 2.95. The zero-order valence-corrected chi connectivity index (χ0v) is 15.6. The molecule has 0 aliphatic heterocycles. The normalized spacial score (nSPS) is 11.8. The molecule has 136 valence electrons. The van der Waals surface area contributed by atoms with Gasteiger partial charge in [-0.1, -0.05) is 38.1 Å². The molecule has 0 saturated heterocycles. The Hall–Kier alpha value is -1.59. The van der Waals surface area contributed by atoms with Crippen molar-refractivity contribution in [3.63, 3.8) is 0 Å². The lowest BCUT2D eigenvalue weighted by molar-refractivity contribution is 0.128. The second kappa shape index (κ2) is 12.8. The van der Waals surface area contributed by atoms with Crippen molar-refractivity contribution < 1.29 is 9.47 Å². The van der Waals surface area contributed by atoms with E-state index in [-0.39, 0.29) is 0 Å². The summed E-state index contributed by atoms with van der Waals surface area (Å²) in [7, 11) is 1.78. The second-order valence-corrected chi connectivity index (χ2v) is 6.10. The van der Waals surface area contributed by atoms with E-state index in [1.807, 2.05) is 6.92 Å². The summed E-state index contributed by atoms with van der Waals surface area (Å²) in [6.07, 6.45) is 1.10. The van der Waals surface area contributed by atoms with Crippen molar-refractivity contribution in [2.75, 3.05) is 33.4 Å². The molecular weight excluding hydrogens is 302 g/mol. The van der Waals surface area contributed by atoms with Crippen LogP contribution in [0.1, 0.15) is 38.3 Å². The molecule has 0 bridgehead atoms. The van der Waals surface area contributed by atoms with Crippen LogP contribution in [-0.2, 0) is 22.6 Å². The Morgan fingerprint density at radius 2 is 1.75 bits per heavy atom. The maximum Gasteiger partial charge on any atom is 0.191 e. The molecule has 0 aliphatic rings. The first-order valence-corrected chi connectivity index (χ1v) is 8.83. The van der Waals surface area contributed by atoms with E-state index in [0.29, 0.717) is 19.1 Å². The van der Waals surface area contributed by atoms with Gasteiger partial charge in [-0.25, -0.2) is 0 Å². The first-order valence-electron chi connectivity index (χ1n) is 8.83. The number of guanidine groups is 1. The van der Waals surface area contributed by atoms with Gasteiger partial charge in [-0.3, -0.25) is 4.99 Å². The van der Waals surface area contributed by atoms with Gasteiger partial charge in [0.25, 0.3) is 0 Å². The number of hydrogen-bond acceptors (Lipinski definition) is 3. The summed E-state index contributed by atoms with van der Waals surface area (Å²) in [5, 5.41) is 6.57. The molecule has 0 radical (unpaired) electrons. The molecule has 0 saturated carbocycles. The van der Waals surface area contributed by atoms with Crippen molar-refractivity contribution in [2.45, 2.75) is 40.3 Å². The van der Waals surface area contributed by atoms with E-state index in [0.717, 1.165) is 38.7 Å². The smallest absolute Gasteiger partial charge is 0.191 e. The molecule has 0 amide bonds. The van der Waals surface area contributed by atoms with E-state index in [9.17, 15) is 0 Å². The summed E-state index contributed by atoms with van der Waals surface area (Å²) in [4.78, 5) is 4.23. The minimum absolute atomic E-state index is 0.671. The van der Waals surface area contributed by atoms with E-state index in [1.54, 1.807) is 7.05 Å². The van der Waals surface area contributed by atoms with E-state index < -0.39 is 0 Å². The maximum absolute atomic E-state index is 5.59. The highest BCUT2D eigenvalue weighted by Gasteiger charge is 2.00. The first kappa shape index (κ1) is 20.5. The quantitative estimate of drug-likeness (QED) is 0.371. The van der Waals surface area contributed by atoms with Crippen LogP contribution in [0.5, 0.6) is 0 Å². The minimum Gasteiger partial charge on any atom is -0.380 e. The van der Waals surface area contributed by atoms with Crippen LogP contribution in [0.15, 0.2) is 29.3 Å². The Morgan fingerprint density at radius 3 is 2.38 bits per heavy atom. The zero-order valence-electron chi connectivity index (χ0n) is 15.6. The van der Waals surface area contributed by atoms with Gasteiger partial charge in [0.05, 0.1) is 13.2 Å². The van der Waals surface area contributed by atoms with Crippen LogP contribution in [0.3, 0.4) is 0 Å². The van der Waals surface area contributed by atoms with Gasteiger partial charge < -0.3 is 20.1 Å². The van der Waals surface area contributed by atoms with Crippen LogP contribution in [0.4, 0.5) is 0 Å². The minimum atomic E-state index is 0.671. The molecule has 0 unspecified atom stereocenters. The van der Waals surface area contributed by atoms with Crippen LogP contribution in [0, 0.1) is 5.92 Å². The molecule has 0 spiro atoms. The van der Waals surface area contributed by atoms with Gasteiger partial charge in [-0.2, -0.15) is 0 Å². The molecular formula is C19H33N3O2. The Labute approximate surface area is 146 Å². The van der Waals surface area contributed by atoms with Crippen LogP contribution >= 0.6 is 0 Å². The van der Waals surface area contributed by atoms with Gasteiger partial charge in [0, 0.05) is 33.4 Å². The average Bonchev–Trinajstić information content (AvgIpc) is 2.59. The van der Waals surface area contributed by atoms with Gasteiger partial charge in [-0.15, -0.1) is 0 Å². The lowest BCUT2D eigenvalue weighted by atomic mass is 10.1. The Kier molecular flexibility index (Phi) is 10.9. The molecule has 0 heterocycles.